The number of hydrogen-bond donors (Lipinski definition) is 2. The quantitative estimate of drug-likeness (QED) is 0.648. The molecule has 6 heteroatoms. The zero-order valence-electron chi connectivity index (χ0n) is 10.6. The summed E-state index contributed by atoms with van der Waals surface area (Å²) in [5, 5.41) is 1.00. The molecule has 1 aliphatic heterocycles. The molecule has 1 aliphatic rings. The average molecular weight is 289 g/mol. The minimum Gasteiger partial charge on any atom is -0.352 e. The summed E-state index contributed by atoms with van der Waals surface area (Å²) in [6.07, 6.45) is 2.39. The Morgan fingerprint density at radius 3 is 2.78 bits per heavy atom. The minimum atomic E-state index is 0.413. The lowest BCUT2D eigenvalue weighted by Crippen LogP contribution is -2.43. The Morgan fingerprint density at radius 1 is 1.39 bits per heavy atom. The van der Waals surface area contributed by atoms with Gasteiger partial charge in [0.2, 0.25) is 0 Å². The van der Waals surface area contributed by atoms with E-state index in [9.17, 15) is 0 Å². The summed E-state index contributed by atoms with van der Waals surface area (Å²) in [6.45, 7) is 5.42. The van der Waals surface area contributed by atoms with Crippen LogP contribution in [0.25, 0.3) is 0 Å². The van der Waals surface area contributed by atoms with E-state index in [2.05, 4.69) is 29.2 Å². The fraction of sp³-hybridized carbons (Fsp3) is 0.583. The highest BCUT2D eigenvalue weighted by Crippen LogP contribution is 2.35. The van der Waals surface area contributed by atoms with E-state index in [0.717, 1.165) is 18.8 Å². The van der Waals surface area contributed by atoms with Gasteiger partial charge in [-0.15, -0.1) is 0 Å². The van der Waals surface area contributed by atoms with Gasteiger partial charge in [0, 0.05) is 12.6 Å². The molecule has 100 valence electrons. The molecule has 1 fully saturated rings. The van der Waals surface area contributed by atoms with Crippen molar-refractivity contribution in [1.29, 1.82) is 0 Å². The van der Waals surface area contributed by atoms with E-state index in [1.165, 1.54) is 6.42 Å². The predicted molar refractivity (Wildman–Crippen MR) is 77.3 cm³/mol. The number of rotatable bonds is 2. The van der Waals surface area contributed by atoms with Gasteiger partial charge >= 0.3 is 0 Å². The maximum atomic E-state index is 6.25. The van der Waals surface area contributed by atoms with Crippen molar-refractivity contribution in [2.45, 2.75) is 32.7 Å². The number of piperidine rings is 1. The molecule has 0 spiro atoms. The zero-order chi connectivity index (χ0) is 13.3. The second-order valence-electron chi connectivity index (χ2n) is 4.82. The van der Waals surface area contributed by atoms with E-state index in [0.29, 0.717) is 27.8 Å². The van der Waals surface area contributed by atoms with E-state index < -0.39 is 0 Å². The van der Waals surface area contributed by atoms with Crippen molar-refractivity contribution in [3.8, 4) is 0 Å². The molecular formula is C12H18Cl2N4. The monoisotopic (exact) mass is 288 g/mol. The van der Waals surface area contributed by atoms with Crippen molar-refractivity contribution in [3.63, 3.8) is 0 Å². The van der Waals surface area contributed by atoms with Crippen LogP contribution in [0, 0.1) is 5.92 Å². The summed E-state index contributed by atoms with van der Waals surface area (Å²) in [4.78, 5) is 6.65. The Morgan fingerprint density at radius 2 is 2.11 bits per heavy atom. The van der Waals surface area contributed by atoms with Crippen LogP contribution >= 0.6 is 23.2 Å². The lowest BCUT2D eigenvalue weighted by Gasteiger charge is -2.39. The molecule has 2 atom stereocenters. The average Bonchev–Trinajstić information content (AvgIpc) is 2.34. The Labute approximate surface area is 117 Å². The molecule has 0 bridgehead atoms. The maximum Gasteiger partial charge on any atom is 0.161 e. The molecule has 1 saturated heterocycles. The summed E-state index contributed by atoms with van der Waals surface area (Å²) >= 11 is 12.2. The van der Waals surface area contributed by atoms with Gasteiger partial charge in [0.1, 0.15) is 5.82 Å². The van der Waals surface area contributed by atoms with Gasteiger partial charge in [0.05, 0.1) is 10.0 Å². The third-order valence-electron chi connectivity index (χ3n) is 3.69. The SMILES string of the molecule is CC1CCCN(c2nc(NN)c(Cl)cc2Cl)C1C. The molecule has 18 heavy (non-hydrogen) atoms. The lowest BCUT2D eigenvalue weighted by molar-refractivity contribution is 0.361. The number of hydrogen-bond acceptors (Lipinski definition) is 4. The second kappa shape index (κ2) is 5.51. The number of nitrogens with one attached hydrogen (secondary N) is 1. The van der Waals surface area contributed by atoms with Crippen LogP contribution in [0.15, 0.2) is 6.07 Å². The lowest BCUT2D eigenvalue weighted by atomic mass is 9.92. The molecular weight excluding hydrogens is 271 g/mol. The first-order valence-corrected chi connectivity index (χ1v) is 6.89. The summed E-state index contributed by atoms with van der Waals surface area (Å²) < 4.78 is 0. The molecule has 2 heterocycles. The fourth-order valence-corrected chi connectivity index (χ4v) is 2.92. The van der Waals surface area contributed by atoms with E-state index in [4.69, 9.17) is 29.0 Å². The number of nitrogens with zero attached hydrogens (tertiary/aromatic N) is 2. The molecule has 2 unspecified atom stereocenters. The molecule has 0 radical (unpaired) electrons. The molecule has 2 rings (SSSR count). The Kier molecular flexibility index (Phi) is 4.20. The Bertz CT molecular complexity index is 438. The van der Waals surface area contributed by atoms with Crippen LogP contribution in [-0.2, 0) is 0 Å². The van der Waals surface area contributed by atoms with Gasteiger partial charge < -0.3 is 10.3 Å². The molecule has 0 aliphatic carbocycles. The van der Waals surface area contributed by atoms with Gasteiger partial charge in [-0.2, -0.15) is 0 Å². The number of aromatic nitrogens is 1. The van der Waals surface area contributed by atoms with Crippen LogP contribution in [0.3, 0.4) is 0 Å². The van der Waals surface area contributed by atoms with Gasteiger partial charge in [-0.25, -0.2) is 10.8 Å². The summed E-state index contributed by atoms with van der Waals surface area (Å²) in [7, 11) is 0. The standard InChI is InChI=1S/C12H18Cl2N4/c1-7-4-3-5-18(8(7)2)12-10(14)6-9(13)11(16-12)17-15/h6-8H,3-5,15H2,1-2H3,(H,16,17). The minimum absolute atomic E-state index is 0.413. The summed E-state index contributed by atoms with van der Waals surface area (Å²) in [6, 6.07) is 2.10. The highest BCUT2D eigenvalue weighted by atomic mass is 35.5. The number of nitrogens with two attached hydrogens (primary N) is 1. The third kappa shape index (κ3) is 2.51. The molecule has 1 aromatic rings. The first-order valence-electron chi connectivity index (χ1n) is 6.14. The molecule has 1 aromatic heterocycles. The van der Waals surface area contributed by atoms with Gasteiger partial charge in [0.15, 0.2) is 5.82 Å². The predicted octanol–water partition coefficient (Wildman–Crippen LogP) is 3.30. The van der Waals surface area contributed by atoms with Crippen LogP contribution < -0.4 is 16.2 Å². The topological polar surface area (TPSA) is 54.2 Å². The fourth-order valence-electron chi connectivity index (χ4n) is 2.39. The normalized spacial score (nSPS) is 24.2. The number of pyridine rings is 1. The highest BCUT2D eigenvalue weighted by Gasteiger charge is 2.27. The van der Waals surface area contributed by atoms with Crippen molar-refractivity contribution >= 4 is 34.8 Å². The number of anilines is 2. The van der Waals surface area contributed by atoms with E-state index in [1.807, 2.05) is 0 Å². The van der Waals surface area contributed by atoms with Crippen LogP contribution in [0.2, 0.25) is 10.0 Å². The van der Waals surface area contributed by atoms with Crippen LogP contribution in [0.1, 0.15) is 26.7 Å². The van der Waals surface area contributed by atoms with Gasteiger partial charge in [-0.05, 0) is 31.7 Å². The number of halogens is 2. The van der Waals surface area contributed by atoms with Crippen molar-refractivity contribution in [2.75, 3.05) is 16.9 Å². The molecule has 4 nitrogen and oxygen atoms in total. The Hall–Kier alpha value is -0.710. The van der Waals surface area contributed by atoms with Crippen molar-refractivity contribution < 1.29 is 0 Å². The van der Waals surface area contributed by atoms with E-state index in [1.54, 1.807) is 6.07 Å². The van der Waals surface area contributed by atoms with Gasteiger partial charge in [-0.3, -0.25) is 0 Å². The molecule has 0 amide bonds. The molecule has 0 aromatic carbocycles. The number of hydrazine groups is 1. The van der Waals surface area contributed by atoms with Gasteiger partial charge in [-0.1, -0.05) is 30.1 Å². The van der Waals surface area contributed by atoms with Crippen LogP contribution in [0.4, 0.5) is 11.6 Å². The van der Waals surface area contributed by atoms with E-state index >= 15 is 0 Å². The van der Waals surface area contributed by atoms with Crippen molar-refractivity contribution in [3.05, 3.63) is 16.1 Å². The smallest absolute Gasteiger partial charge is 0.161 e. The first kappa shape index (κ1) is 13.7. The summed E-state index contributed by atoms with van der Waals surface area (Å²) in [5.74, 6) is 7.25. The largest absolute Gasteiger partial charge is 0.352 e. The molecule has 0 saturated carbocycles. The zero-order valence-corrected chi connectivity index (χ0v) is 12.1. The third-order valence-corrected chi connectivity index (χ3v) is 4.26. The summed E-state index contributed by atoms with van der Waals surface area (Å²) in [5.41, 5.74) is 2.50. The number of nitrogen functional groups attached to an aromatic ring is 1. The van der Waals surface area contributed by atoms with E-state index in [-0.39, 0.29) is 0 Å². The van der Waals surface area contributed by atoms with Gasteiger partial charge in [0.25, 0.3) is 0 Å². The first-order chi connectivity index (χ1) is 8.54. The van der Waals surface area contributed by atoms with Crippen molar-refractivity contribution in [2.24, 2.45) is 11.8 Å². The van der Waals surface area contributed by atoms with Crippen molar-refractivity contribution in [1.82, 2.24) is 4.98 Å². The molecule has 3 N–H and O–H groups in total. The van der Waals surface area contributed by atoms with Crippen LogP contribution in [0.5, 0.6) is 0 Å². The second-order valence-corrected chi connectivity index (χ2v) is 5.64. The van der Waals surface area contributed by atoms with Crippen LogP contribution in [-0.4, -0.2) is 17.6 Å². The maximum absolute atomic E-state index is 6.25. The Balaban J connectivity index is 2.37. The highest BCUT2D eigenvalue weighted by molar-refractivity contribution is 6.37.